The summed E-state index contributed by atoms with van der Waals surface area (Å²) < 4.78 is 10.7. The van der Waals surface area contributed by atoms with Crippen molar-refractivity contribution in [2.24, 2.45) is 11.3 Å². The number of halogens is 1. The number of likely N-dealkylation sites (tertiary alicyclic amines) is 1. The molecule has 12 heteroatoms. The predicted molar refractivity (Wildman–Crippen MR) is 151 cm³/mol. The number of hydrogen-bond acceptors (Lipinski definition) is 7. The molecule has 1 aromatic carbocycles. The second-order valence-corrected chi connectivity index (χ2v) is 12.3. The third-order valence-electron chi connectivity index (χ3n) is 7.94. The fourth-order valence-corrected chi connectivity index (χ4v) is 6.12. The predicted octanol–water partition coefficient (Wildman–Crippen LogP) is 3.01. The summed E-state index contributed by atoms with van der Waals surface area (Å²) in [5.74, 6) is -1.87. The van der Waals surface area contributed by atoms with Crippen LogP contribution in [0, 0.1) is 11.3 Å². The lowest BCUT2D eigenvalue weighted by atomic mass is 9.84. The van der Waals surface area contributed by atoms with Gasteiger partial charge in [0.05, 0.1) is 17.1 Å². The molecule has 1 aromatic rings. The molecule has 1 saturated carbocycles. The highest BCUT2D eigenvalue weighted by Gasteiger charge is 2.54. The van der Waals surface area contributed by atoms with Gasteiger partial charge in [-0.25, -0.2) is 0 Å². The highest BCUT2D eigenvalue weighted by Crippen LogP contribution is 2.44. The van der Waals surface area contributed by atoms with Crippen LogP contribution in [0.15, 0.2) is 18.2 Å². The zero-order chi connectivity index (χ0) is 30.1. The van der Waals surface area contributed by atoms with Crippen molar-refractivity contribution in [1.29, 1.82) is 0 Å². The average Bonchev–Trinajstić information content (AvgIpc) is 3.62. The minimum absolute atomic E-state index is 0.00465. The molecule has 41 heavy (non-hydrogen) atoms. The Labute approximate surface area is 245 Å². The number of carbonyl (C=O) groups is 5. The Bertz CT molecular complexity index is 1220. The van der Waals surface area contributed by atoms with Crippen LogP contribution in [0.25, 0.3) is 0 Å². The summed E-state index contributed by atoms with van der Waals surface area (Å²) in [6.07, 6.45) is 1.70. The Morgan fingerprint density at radius 2 is 1.90 bits per heavy atom. The summed E-state index contributed by atoms with van der Waals surface area (Å²) in [6, 6.07) is 2.10. The van der Waals surface area contributed by atoms with E-state index in [0.717, 1.165) is 12.8 Å². The smallest absolute Gasteiger partial charge is 0.310 e. The molecule has 1 unspecified atom stereocenters. The summed E-state index contributed by atoms with van der Waals surface area (Å²) in [4.78, 5) is 66.3. The van der Waals surface area contributed by atoms with Gasteiger partial charge in [0.2, 0.25) is 24.0 Å². The van der Waals surface area contributed by atoms with Crippen LogP contribution in [0.2, 0.25) is 5.02 Å². The number of piperidine rings is 1. The molecule has 2 bridgehead atoms. The molecular weight excluding hydrogens is 552 g/mol. The number of nitrogens with one attached hydrogen (secondary N) is 3. The molecule has 0 spiro atoms. The number of benzene rings is 1. The van der Waals surface area contributed by atoms with E-state index in [4.69, 9.17) is 21.1 Å². The third kappa shape index (κ3) is 6.67. The van der Waals surface area contributed by atoms with Gasteiger partial charge in [0.1, 0.15) is 18.1 Å². The highest BCUT2D eigenvalue weighted by atomic mass is 35.5. The number of cyclic esters (lactones) is 1. The lowest BCUT2D eigenvalue weighted by Gasteiger charge is -2.40. The Kier molecular flexibility index (Phi) is 9.28. The van der Waals surface area contributed by atoms with E-state index in [1.807, 2.05) is 20.8 Å². The average molecular weight is 591 g/mol. The minimum atomic E-state index is -0.935. The number of esters is 1. The van der Waals surface area contributed by atoms with E-state index >= 15 is 0 Å². The number of rotatable bonds is 9. The Hall–Kier alpha value is -3.18. The van der Waals surface area contributed by atoms with Gasteiger partial charge in [-0.2, -0.15) is 0 Å². The molecular formula is C29H39ClN4O7. The number of hydrogen-bond donors (Lipinski definition) is 3. The second kappa shape index (κ2) is 12.4. The van der Waals surface area contributed by atoms with Gasteiger partial charge >= 0.3 is 5.97 Å². The van der Waals surface area contributed by atoms with Gasteiger partial charge in [-0.15, -0.1) is 0 Å². The summed E-state index contributed by atoms with van der Waals surface area (Å²) >= 11 is 6.32. The van der Waals surface area contributed by atoms with E-state index in [0.29, 0.717) is 18.7 Å². The van der Waals surface area contributed by atoms with E-state index in [1.54, 1.807) is 24.8 Å². The zero-order valence-electron chi connectivity index (χ0n) is 24.1. The quantitative estimate of drug-likeness (QED) is 0.375. The zero-order valence-corrected chi connectivity index (χ0v) is 24.9. The summed E-state index contributed by atoms with van der Waals surface area (Å²) in [7, 11) is 0. The maximum Gasteiger partial charge on any atom is 0.310 e. The maximum absolute atomic E-state index is 14.1. The molecule has 3 aliphatic rings. The molecule has 3 fully saturated rings. The molecule has 2 aliphatic heterocycles. The molecule has 3 N–H and O–H groups in total. The molecule has 2 heterocycles. The molecule has 0 radical (unpaired) electrons. The number of amides is 4. The number of nitrogens with zero attached hydrogens (tertiary/aromatic N) is 1. The molecule has 0 aromatic heterocycles. The standard InChI is InChI=1S/C29H39ClN4O7/c1-6-21(35)31-19-11-9-16(13-18(19)30)25(37)33-24(29(3,4)5)27(39)34-17-10-8-15(12-17)23(34)26(38)32-20-14-22(36)41-28(20)40-7-2/h9,11,13,15,17,20,23-24,28H,6-8,10,12,14H2,1-5H3,(H,31,35)(H,32,38)(H,33,37)/t15-,17-,20?,23-,24+,28+/m0/s1. The van der Waals surface area contributed by atoms with Crippen LogP contribution in [0.5, 0.6) is 0 Å². The van der Waals surface area contributed by atoms with E-state index in [2.05, 4.69) is 16.0 Å². The van der Waals surface area contributed by atoms with Gasteiger partial charge in [0.25, 0.3) is 5.91 Å². The van der Waals surface area contributed by atoms with Gasteiger partial charge in [-0.3, -0.25) is 24.0 Å². The summed E-state index contributed by atoms with van der Waals surface area (Å²) in [5, 5.41) is 8.65. The highest BCUT2D eigenvalue weighted by molar-refractivity contribution is 6.34. The Balaban J connectivity index is 1.52. The Morgan fingerprint density at radius 3 is 2.54 bits per heavy atom. The Morgan fingerprint density at radius 1 is 1.17 bits per heavy atom. The molecule has 1 aliphatic carbocycles. The van der Waals surface area contributed by atoms with Crippen molar-refractivity contribution in [3.05, 3.63) is 28.8 Å². The molecule has 11 nitrogen and oxygen atoms in total. The topological polar surface area (TPSA) is 143 Å². The molecule has 224 valence electrons. The molecule has 4 amide bonds. The number of fused-ring (bicyclic) bond motifs is 2. The fourth-order valence-electron chi connectivity index (χ4n) is 5.89. The monoisotopic (exact) mass is 590 g/mol. The first-order valence-electron chi connectivity index (χ1n) is 14.2. The normalized spacial score (nSPS) is 26.0. The van der Waals surface area contributed by atoms with Crippen LogP contribution in [0.4, 0.5) is 5.69 Å². The van der Waals surface area contributed by atoms with Crippen LogP contribution >= 0.6 is 11.6 Å². The van der Waals surface area contributed by atoms with E-state index in [1.165, 1.54) is 12.1 Å². The lowest BCUT2D eigenvalue weighted by Crippen LogP contribution is -2.62. The second-order valence-electron chi connectivity index (χ2n) is 11.9. The van der Waals surface area contributed by atoms with Crippen molar-refractivity contribution in [1.82, 2.24) is 15.5 Å². The summed E-state index contributed by atoms with van der Waals surface area (Å²) in [5.41, 5.74) is -0.0572. The number of carbonyl (C=O) groups excluding carboxylic acids is 5. The van der Waals surface area contributed by atoms with Crippen LogP contribution < -0.4 is 16.0 Å². The largest absolute Gasteiger partial charge is 0.433 e. The lowest BCUT2D eigenvalue weighted by molar-refractivity contribution is -0.165. The van der Waals surface area contributed by atoms with Crippen molar-refractivity contribution >= 4 is 46.9 Å². The van der Waals surface area contributed by atoms with E-state index < -0.39 is 41.7 Å². The van der Waals surface area contributed by atoms with E-state index in [-0.39, 0.29) is 53.1 Å². The van der Waals surface area contributed by atoms with Gasteiger partial charge in [-0.05, 0) is 55.7 Å². The van der Waals surface area contributed by atoms with Crippen LogP contribution in [0.3, 0.4) is 0 Å². The van der Waals surface area contributed by atoms with Gasteiger partial charge in [-0.1, -0.05) is 39.3 Å². The SMILES string of the molecule is CCO[C@@H]1OC(=O)CC1NC(=O)[C@@H]1[C@H]2CC[C@@H](C2)N1C(=O)[C@@H](NC(=O)c1ccc(NC(=O)CC)c(Cl)c1)C(C)(C)C. The van der Waals surface area contributed by atoms with Gasteiger partial charge in [0.15, 0.2) is 0 Å². The van der Waals surface area contributed by atoms with E-state index in [9.17, 15) is 24.0 Å². The van der Waals surface area contributed by atoms with Crippen LogP contribution in [0.1, 0.15) is 77.1 Å². The first-order chi connectivity index (χ1) is 19.3. The fraction of sp³-hybridized carbons (Fsp3) is 0.621. The van der Waals surface area contributed by atoms with Crippen molar-refractivity contribution in [2.75, 3.05) is 11.9 Å². The van der Waals surface area contributed by atoms with Crippen LogP contribution in [-0.4, -0.2) is 71.6 Å². The molecule has 2 saturated heterocycles. The van der Waals surface area contributed by atoms with Gasteiger partial charge in [0, 0.05) is 24.6 Å². The minimum Gasteiger partial charge on any atom is -0.433 e. The maximum atomic E-state index is 14.1. The van der Waals surface area contributed by atoms with Crippen molar-refractivity contribution < 1.29 is 33.4 Å². The van der Waals surface area contributed by atoms with Crippen LogP contribution in [-0.2, 0) is 28.7 Å². The first kappa shape index (κ1) is 30.8. The van der Waals surface area contributed by atoms with Gasteiger partial charge < -0.3 is 30.3 Å². The number of ether oxygens (including phenoxy) is 2. The number of anilines is 1. The van der Waals surface area contributed by atoms with Crippen molar-refractivity contribution in [3.63, 3.8) is 0 Å². The molecule has 4 rings (SSSR count). The molecule has 6 atom stereocenters. The first-order valence-corrected chi connectivity index (χ1v) is 14.6. The van der Waals surface area contributed by atoms with Crippen molar-refractivity contribution in [3.8, 4) is 0 Å². The summed E-state index contributed by atoms with van der Waals surface area (Å²) in [6.45, 7) is 9.36. The van der Waals surface area contributed by atoms with Crippen molar-refractivity contribution in [2.45, 2.75) is 97.2 Å². The third-order valence-corrected chi connectivity index (χ3v) is 8.26.